The van der Waals surface area contributed by atoms with Crippen LogP contribution in [0.15, 0.2) is 0 Å². The zero-order chi connectivity index (χ0) is 11.2. The molecule has 3 saturated carbocycles. The Hall–Kier alpha value is -0.610. The van der Waals surface area contributed by atoms with E-state index in [1.807, 2.05) is 0 Å². The Kier molecular flexibility index (Phi) is 2.44. The lowest BCUT2D eigenvalue weighted by molar-refractivity contribution is -0.146. The Morgan fingerprint density at radius 2 is 2.00 bits per heavy atom. The number of nitrogens with zero attached hydrogens (tertiary/aromatic N) is 1. The van der Waals surface area contributed by atoms with Crippen molar-refractivity contribution in [3.63, 3.8) is 0 Å². The van der Waals surface area contributed by atoms with Gasteiger partial charge in [-0.2, -0.15) is 0 Å². The van der Waals surface area contributed by atoms with E-state index in [1.54, 1.807) is 0 Å². The molecule has 4 fully saturated rings. The molecule has 3 aliphatic carbocycles. The highest BCUT2D eigenvalue weighted by molar-refractivity contribution is 5.74. The number of hydrogen-bond acceptors (Lipinski definition) is 4. The number of methoxy groups -OCH3 is 1. The smallest absolute Gasteiger partial charge is 0.309 e. The second-order valence-electron chi connectivity index (χ2n) is 5.46. The van der Waals surface area contributed by atoms with Gasteiger partial charge >= 0.3 is 5.97 Å². The Balaban J connectivity index is 1.68. The molecule has 4 heteroatoms. The van der Waals surface area contributed by atoms with E-state index < -0.39 is 0 Å². The maximum Gasteiger partial charge on any atom is 0.309 e. The molecule has 1 aliphatic heterocycles. The van der Waals surface area contributed by atoms with Gasteiger partial charge < -0.3 is 10.1 Å². The van der Waals surface area contributed by atoms with Crippen molar-refractivity contribution in [2.75, 3.05) is 33.3 Å². The van der Waals surface area contributed by atoms with Crippen molar-refractivity contribution in [1.82, 2.24) is 10.2 Å². The van der Waals surface area contributed by atoms with Gasteiger partial charge in [0.05, 0.1) is 13.0 Å². The van der Waals surface area contributed by atoms with E-state index >= 15 is 0 Å². The zero-order valence-corrected chi connectivity index (χ0v) is 9.87. The summed E-state index contributed by atoms with van der Waals surface area (Å²) < 4.78 is 4.89. The SMILES string of the molecule is COC(=O)C1CC2(N3CCNCC3)CC1C2. The number of fused-ring (bicyclic) bond motifs is 1. The first kappa shape index (κ1) is 10.5. The van der Waals surface area contributed by atoms with E-state index in [1.165, 1.54) is 20.0 Å². The third-order valence-electron chi connectivity index (χ3n) is 4.74. The van der Waals surface area contributed by atoms with Gasteiger partial charge in [-0.3, -0.25) is 9.69 Å². The molecule has 1 saturated heterocycles. The summed E-state index contributed by atoms with van der Waals surface area (Å²) in [4.78, 5) is 14.2. The number of carbonyl (C=O) groups excluding carboxylic acids is 1. The maximum absolute atomic E-state index is 11.6. The first-order valence-corrected chi connectivity index (χ1v) is 6.29. The van der Waals surface area contributed by atoms with Crippen molar-refractivity contribution in [3.05, 3.63) is 0 Å². The number of esters is 1. The van der Waals surface area contributed by atoms with Gasteiger partial charge in [0.2, 0.25) is 0 Å². The van der Waals surface area contributed by atoms with Crippen LogP contribution in [0.3, 0.4) is 0 Å². The van der Waals surface area contributed by atoms with Gasteiger partial charge in [-0.05, 0) is 25.2 Å². The van der Waals surface area contributed by atoms with Crippen molar-refractivity contribution in [2.24, 2.45) is 11.8 Å². The molecule has 1 unspecified atom stereocenters. The summed E-state index contributed by atoms with van der Waals surface area (Å²) in [5.41, 5.74) is 0.353. The van der Waals surface area contributed by atoms with Crippen LogP contribution in [-0.4, -0.2) is 49.7 Å². The molecule has 90 valence electrons. The number of carbonyl (C=O) groups is 1. The van der Waals surface area contributed by atoms with Gasteiger partial charge in [0.25, 0.3) is 0 Å². The number of rotatable bonds is 2. The maximum atomic E-state index is 11.6. The van der Waals surface area contributed by atoms with Crippen molar-refractivity contribution in [2.45, 2.75) is 24.8 Å². The topological polar surface area (TPSA) is 41.6 Å². The largest absolute Gasteiger partial charge is 0.469 e. The molecule has 2 bridgehead atoms. The van der Waals surface area contributed by atoms with Crippen molar-refractivity contribution in [1.29, 1.82) is 0 Å². The molecule has 0 radical (unpaired) electrons. The normalized spacial score (nSPS) is 42.8. The second kappa shape index (κ2) is 3.70. The van der Waals surface area contributed by atoms with Crippen LogP contribution in [0.1, 0.15) is 19.3 Å². The average molecular weight is 224 g/mol. The molecule has 1 heterocycles. The van der Waals surface area contributed by atoms with E-state index in [0.29, 0.717) is 11.5 Å². The van der Waals surface area contributed by atoms with Gasteiger partial charge in [0.1, 0.15) is 0 Å². The van der Waals surface area contributed by atoms with Crippen LogP contribution in [0.25, 0.3) is 0 Å². The van der Waals surface area contributed by atoms with Crippen LogP contribution in [0, 0.1) is 11.8 Å². The van der Waals surface area contributed by atoms with E-state index in [9.17, 15) is 4.79 Å². The first-order valence-electron chi connectivity index (χ1n) is 6.29. The Morgan fingerprint density at radius 1 is 1.31 bits per heavy atom. The molecule has 0 aromatic heterocycles. The van der Waals surface area contributed by atoms with Gasteiger partial charge in [-0.25, -0.2) is 0 Å². The van der Waals surface area contributed by atoms with Crippen molar-refractivity contribution >= 4 is 5.97 Å². The molecule has 4 aliphatic rings. The second-order valence-corrected chi connectivity index (χ2v) is 5.46. The molecule has 4 nitrogen and oxygen atoms in total. The summed E-state index contributed by atoms with van der Waals surface area (Å²) >= 11 is 0. The molecule has 0 aromatic rings. The molecular weight excluding hydrogens is 204 g/mol. The summed E-state index contributed by atoms with van der Waals surface area (Å²) in [6.07, 6.45) is 3.46. The standard InChI is InChI=1S/C12H20N2O2/c1-16-11(15)10-8-12(6-9(10)7-12)14-4-2-13-3-5-14/h9-10,13H,2-8H2,1H3. The highest BCUT2D eigenvalue weighted by Gasteiger charge is 2.60. The van der Waals surface area contributed by atoms with Gasteiger partial charge in [-0.1, -0.05) is 0 Å². The van der Waals surface area contributed by atoms with Crippen LogP contribution < -0.4 is 5.32 Å². The fourth-order valence-corrected chi connectivity index (χ4v) is 3.90. The predicted molar refractivity (Wildman–Crippen MR) is 60.0 cm³/mol. The van der Waals surface area contributed by atoms with Crippen LogP contribution in [0.4, 0.5) is 0 Å². The highest BCUT2D eigenvalue weighted by atomic mass is 16.5. The minimum absolute atomic E-state index is 0.0134. The van der Waals surface area contributed by atoms with E-state index in [4.69, 9.17) is 4.74 Å². The van der Waals surface area contributed by atoms with Crippen LogP contribution in [0.5, 0.6) is 0 Å². The Labute approximate surface area is 96.3 Å². The summed E-state index contributed by atoms with van der Waals surface area (Å²) in [6, 6.07) is 0. The van der Waals surface area contributed by atoms with Crippen LogP contribution in [-0.2, 0) is 9.53 Å². The minimum atomic E-state index is 0.0134. The first-order chi connectivity index (χ1) is 7.75. The summed E-state index contributed by atoms with van der Waals surface area (Å²) in [6.45, 7) is 4.46. The number of nitrogens with one attached hydrogen (secondary N) is 1. The number of ether oxygens (including phenoxy) is 1. The zero-order valence-electron chi connectivity index (χ0n) is 9.87. The summed E-state index contributed by atoms with van der Waals surface area (Å²) in [5, 5.41) is 3.38. The van der Waals surface area contributed by atoms with Crippen LogP contribution in [0.2, 0.25) is 0 Å². The molecule has 0 spiro atoms. The molecule has 1 N–H and O–H groups in total. The molecule has 0 aromatic carbocycles. The van der Waals surface area contributed by atoms with Crippen LogP contribution >= 0.6 is 0 Å². The minimum Gasteiger partial charge on any atom is -0.469 e. The quantitative estimate of drug-likeness (QED) is 0.682. The lowest BCUT2D eigenvalue weighted by Crippen LogP contribution is -2.58. The van der Waals surface area contributed by atoms with Crippen molar-refractivity contribution in [3.8, 4) is 0 Å². The molecular formula is C12H20N2O2. The lowest BCUT2D eigenvalue weighted by atomic mass is 9.74. The molecule has 16 heavy (non-hydrogen) atoms. The van der Waals surface area contributed by atoms with E-state index in [0.717, 1.165) is 32.6 Å². The van der Waals surface area contributed by atoms with Gasteiger partial charge in [0.15, 0.2) is 0 Å². The predicted octanol–water partition coefficient (Wildman–Crippen LogP) is 0.233. The number of piperazine rings is 1. The summed E-state index contributed by atoms with van der Waals surface area (Å²) in [5.74, 6) is 0.793. The van der Waals surface area contributed by atoms with Gasteiger partial charge in [0, 0.05) is 31.7 Å². The molecule has 1 atom stereocenters. The fraction of sp³-hybridized carbons (Fsp3) is 0.917. The highest BCUT2D eigenvalue weighted by Crippen LogP contribution is 2.58. The molecule has 4 rings (SSSR count). The Morgan fingerprint density at radius 3 is 2.62 bits per heavy atom. The molecule has 0 amide bonds. The van der Waals surface area contributed by atoms with E-state index in [-0.39, 0.29) is 11.9 Å². The van der Waals surface area contributed by atoms with Crippen molar-refractivity contribution < 1.29 is 9.53 Å². The average Bonchev–Trinajstić information content (AvgIpc) is 2.84. The Bertz CT molecular complexity index is 293. The fourth-order valence-electron chi connectivity index (χ4n) is 3.90. The monoisotopic (exact) mass is 224 g/mol. The lowest BCUT2D eigenvalue weighted by Gasteiger charge is -2.49. The summed E-state index contributed by atoms with van der Waals surface area (Å²) in [7, 11) is 1.51. The third kappa shape index (κ3) is 1.39. The number of hydrogen-bond donors (Lipinski definition) is 1. The third-order valence-corrected chi connectivity index (χ3v) is 4.74. The van der Waals surface area contributed by atoms with Gasteiger partial charge in [-0.15, -0.1) is 0 Å². The van der Waals surface area contributed by atoms with E-state index in [2.05, 4.69) is 10.2 Å².